The number of nitrogens with one attached hydrogen (secondary N) is 2. The maximum atomic E-state index is 12.3. The first-order valence-electron chi connectivity index (χ1n) is 9.75. The number of anilines is 1. The number of aliphatic hydroxyl groups is 2. The average Bonchev–Trinajstić information content (AvgIpc) is 3.19. The highest BCUT2D eigenvalue weighted by atomic mass is 79.9. The van der Waals surface area contributed by atoms with Gasteiger partial charge < -0.3 is 36.2 Å². The van der Waals surface area contributed by atoms with Crippen LogP contribution in [-0.2, 0) is 9.53 Å². The quantitative estimate of drug-likeness (QED) is 0.303. The van der Waals surface area contributed by atoms with Crippen LogP contribution in [-0.4, -0.2) is 98.1 Å². The van der Waals surface area contributed by atoms with E-state index in [0.29, 0.717) is 34.8 Å². The van der Waals surface area contributed by atoms with Crippen molar-refractivity contribution in [3.63, 3.8) is 0 Å². The van der Waals surface area contributed by atoms with Crippen LogP contribution in [0.3, 0.4) is 0 Å². The first kappa shape index (κ1) is 21.3. The zero-order valence-electron chi connectivity index (χ0n) is 16.5. The number of hydrogen-bond acceptors (Lipinski definition) is 10. The SMILES string of the molecule is Cc1nc(N)c2nc(Br)n([C@@H]3O[C@H](CNCC(=O)N4CCNCC4)[C@@H](O)[C@H]3O)c2n1. The molecule has 12 nitrogen and oxygen atoms in total. The first-order valence-corrected chi connectivity index (χ1v) is 10.5. The minimum absolute atomic E-state index is 0.00733. The molecular formula is C17H25BrN8O4. The van der Waals surface area contributed by atoms with Crippen molar-refractivity contribution in [3.8, 4) is 0 Å². The third-order valence-electron chi connectivity index (χ3n) is 5.32. The van der Waals surface area contributed by atoms with E-state index in [1.54, 1.807) is 16.4 Å². The van der Waals surface area contributed by atoms with Gasteiger partial charge in [0.1, 0.15) is 24.1 Å². The van der Waals surface area contributed by atoms with Crippen molar-refractivity contribution in [3.05, 3.63) is 10.6 Å². The summed E-state index contributed by atoms with van der Waals surface area (Å²) in [5.74, 6) is 0.660. The predicted molar refractivity (Wildman–Crippen MR) is 110 cm³/mol. The molecule has 2 fully saturated rings. The van der Waals surface area contributed by atoms with Gasteiger partial charge in [-0.3, -0.25) is 9.36 Å². The van der Waals surface area contributed by atoms with Gasteiger partial charge in [0.2, 0.25) is 5.91 Å². The molecule has 1 amide bonds. The van der Waals surface area contributed by atoms with Gasteiger partial charge in [-0.05, 0) is 22.9 Å². The van der Waals surface area contributed by atoms with Crippen molar-refractivity contribution in [2.45, 2.75) is 31.5 Å². The van der Waals surface area contributed by atoms with Gasteiger partial charge in [0, 0.05) is 32.7 Å². The minimum Gasteiger partial charge on any atom is -0.387 e. The van der Waals surface area contributed by atoms with Crippen LogP contribution in [0.25, 0.3) is 11.2 Å². The number of ether oxygens (including phenoxy) is 1. The highest BCUT2D eigenvalue weighted by Crippen LogP contribution is 2.35. The Morgan fingerprint density at radius 1 is 1.30 bits per heavy atom. The number of amides is 1. The number of hydrogen-bond donors (Lipinski definition) is 5. The lowest BCUT2D eigenvalue weighted by Gasteiger charge is -2.27. The smallest absolute Gasteiger partial charge is 0.236 e. The molecule has 2 aliphatic rings. The van der Waals surface area contributed by atoms with E-state index in [4.69, 9.17) is 10.5 Å². The molecule has 0 unspecified atom stereocenters. The number of nitrogens with two attached hydrogens (primary N) is 1. The molecular weight excluding hydrogens is 460 g/mol. The van der Waals surface area contributed by atoms with E-state index >= 15 is 0 Å². The fourth-order valence-corrected chi connectivity index (χ4v) is 4.31. The van der Waals surface area contributed by atoms with E-state index in [-0.39, 0.29) is 24.8 Å². The molecule has 0 spiro atoms. The summed E-state index contributed by atoms with van der Waals surface area (Å²) in [7, 11) is 0. The summed E-state index contributed by atoms with van der Waals surface area (Å²) in [6.45, 7) is 4.95. The molecule has 0 aliphatic carbocycles. The topological polar surface area (TPSA) is 164 Å². The van der Waals surface area contributed by atoms with Crippen molar-refractivity contribution in [1.29, 1.82) is 0 Å². The third-order valence-corrected chi connectivity index (χ3v) is 5.88. The molecule has 13 heteroatoms. The summed E-state index contributed by atoms with van der Waals surface area (Å²) in [5, 5.41) is 27.3. The lowest BCUT2D eigenvalue weighted by molar-refractivity contribution is -0.130. The molecule has 164 valence electrons. The molecule has 2 saturated heterocycles. The Hall–Kier alpha value is -1.90. The van der Waals surface area contributed by atoms with Crippen molar-refractivity contribution in [2.24, 2.45) is 0 Å². The van der Waals surface area contributed by atoms with Crippen LogP contribution in [0.5, 0.6) is 0 Å². The fraction of sp³-hybridized carbons (Fsp3) is 0.647. The number of aromatic nitrogens is 4. The number of fused-ring (bicyclic) bond motifs is 1. The molecule has 2 aromatic rings. The number of carbonyl (C=O) groups is 1. The van der Waals surface area contributed by atoms with E-state index < -0.39 is 24.5 Å². The summed E-state index contributed by atoms with van der Waals surface area (Å²) in [6, 6.07) is 0. The van der Waals surface area contributed by atoms with E-state index in [0.717, 1.165) is 13.1 Å². The van der Waals surface area contributed by atoms with E-state index in [1.165, 1.54) is 0 Å². The number of carbonyl (C=O) groups excluding carboxylic acids is 1. The van der Waals surface area contributed by atoms with E-state index in [1.807, 2.05) is 0 Å². The van der Waals surface area contributed by atoms with Gasteiger partial charge in [-0.25, -0.2) is 15.0 Å². The molecule has 2 aliphatic heterocycles. The zero-order chi connectivity index (χ0) is 21.4. The summed E-state index contributed by atoms with van der Waals surface area (Å²) >= 11 is 3.35. The van der Waals surface area contributed by atoms with Crippen LogP contribution >= 0.6 is 15.9 Å². The number of rotatable bonds is 5. The summed E-state index contributed by atoms with van der Waals surface area (Å²) in [4.78, 5) is 26.8. The second-order valence-corrected chi connectivity index (χ2v) is 8.10. The number of piperazine rings is 1. The summed E-state index contributed by atoms with van der Waals surface area (Å²) in [5.41, 5.74) is 6.70. The lowest BCUT2D eigenvalue weighted by Crippen LogP contribution is -2.50. The van der Waals surface area contributed by atoms with Crippen LogP contribution in [0, 0.1) is 6.92 Å². The minimum atomic E-state index is -1.22. The van der Waals surface area contributed by atoms with Gasteiger partial charge in [-0.1, -0.05) is 0 Å². The summed E-state index contributed by atoms with van der Waals surface area (Å²) in [6.07, 6.45) is -4.01. The van der Waals surface area contributed by atoms with Crippen molar-refractivity contribution in [2.75, 3.05) is 45.0 Å². The van der Waals surface area contributed by atoms with Gasteiger partial charge >= 0.3 is 0 Å². The van der Waals surface area contributed by atoms with Crippen molar-refractivity contribution >= 4 is 38.8 Å². The summed E-state index contributed by atoms with van der Waals surface area (Å²) < 4.78 is 7.81. The monoisotopic (exact) mass is 484 g/mol. The average molecular weight is 485 g/mol. The second-order valence-electron chi connectivity index (χ2n) is 7.39. The number of aryl methyl sites for hydroxylation is 1. The number of nitrogen functional groups attached to an aromatic ring is 1. The van der Waals surface area contributed by atoms with Crippen molar-refractivity contribution in [1.82, 2.24) is 35.1 Å². The predicted octanol–water partition coefficient (Wildman–Crippen LogP) is -1.88. The molecule has 2 aromatic heterocycles. The van der Waals surface area contributed by atoms with Crippen LogP contribution in [0.1, 0.15) is 12.1 Å². The molecule has 4 atom stereocenters. The van der Waals surface area contributed by atoms with E-state index in [9.17, 15) is 15.0 Å². The number of halogens is 1. The number of aliphatic hydroxyl groups excluding tert-OH is 2. The molecule has 4 rings (SSSR count). The van der Waals surface area contributed by atoms with Gasteiger partial charge in [0.05, 0.1) is 6.54 Å². The molecule has 0 saturated carbocycles. The highest BCUT2D eigenvalue weighted by molar-refractivity contribution is 9.10. The molecule has 6 N–H and O–H groups in total. The zero-order valence-corrected chi connectivity index (χ0v) is 18.0. The maximum absolute atomic E-state index is 12.3. The standard InChI is InChI=1S/C17H25BrN8O4/c1-8-22-14(19)11-15(23-8)26(17(18)24-11)16-13(29)12(28)9(30-16)6-21-7-10(27)25-4-2-20-3-5-25/h9,12-13,16,20-21,28-29H,2-7H2,1H3,(H2,19,22,23)/t9-,12-,13-,16-/m1/s1. The fourth-order valence-electron chi connectivity index (χ4n) is 3.77. The van der Waals surface area contributed by atoms with E-state index in [2.05, 4.69) is 41.5 Å². The van der Waals surface area contributed by atoms with Gasteiger partial charge in [0.25, 0.3) is 0 Å². The Morgan fingerprint density at radius 2 is 2.03 bits per heavy atom. The molecule has 0 aromatic carbocycles. The van der Waals surface area contributed by atoms with Crippen LogP contribution in [0.4, 0.5) is 5.82 Å². The molecule has 0 radical (unpaired) electrons. The Balaban J connectivity index is 1.44. The third kappa shape index (κ3) is 4.00. The van der Waals surface area contributed by atoms with Crippen LogP contribution < -0.4 is 16.4 Å². The Morgan fingerprint density at radius 3 is 2.77 bits per heavy atom. The maximum Gasteiger partial charge on any atom is 0.236 e. The number of imidazole rings is 1. The molecule has 0 bridgehead atoms. The van der Waals surface area contributed by atoms with Crippen molar-refractivity contribution < 1.29 is 19.7 Å². The second kappa shape index (κ2) is 8.69. The van der Waals surface area contributed by atoms with Gasteiger partial charge in [-0.2, -0.15) is 0 Å². The number of nitrogens with zero attached hydrogens (tertiary/aromatic N) is 5. The van der Waals surface area contributed by atoms with Crippen LogP contribution in [0.15, 0.2) is 4.73 Å². The highest BCUT2D eigenvalue weighted by Gasteiger charge is 2.45. The molecule has 30 heavy (non-hydrogen) atoms. The largest absolute Gasteiger partial charge is 0.387 e. The Labute approximate surface area is 180 Å². The molecule has 4 heterocycles. The van der Waals surface area contributed by atoms with Gasteiger partial charge in [-0.15, -0.1) is 0 Å². The Bertz CT molecular complexity index is 934. The van der Waals surface area contributed by atoms with Crippen LogP contribution in [0.2, 0.25) is 0 Å². The van der Waals surface area contributed by atoms with Gasteiger partial charge in [0.15, 0.2) is 27.9 Å². The Kier molecular flexibility index (Phi) is 6.18. The normalized spacial score (nSPS) is 27.1. The first-order chi connectivity index (χ1) is 14.4. The lowest BCUT2D eigenvalue weighted by atomic mass is 10.1.